The van der Waals surface area contributed by atoms with Crippen LogP contribution < -0.4 is 4.74 Å². The molecule has 1 aromatic heterocycles. The first-order chi connectivity index (χ1) is 13.2. The minimum Gasteiger partial charge on any atom is -0.455 e. The molecule has 0 spiro atoms. The van der Waals surface area contributed by atoms with E-state index in [1.54, 1.807) is 24.5 Å². The van der Waals surface area contributed by atoms with Crippen molar-refractivity contribution in [1.82, 2.24) is 9.97 Å². The predicted molar refractivity (Wildman–Crippen MR) is 107 cm³/mol. The molecule has 6 heteroatoms. The van der Waals surface area contributed by atoms with Gasteiger partial charge < -0.3 is 14.5 Å². The molecule has 1 atom stereocenters. The van der Waals surface area contributed by atoms with Crippen LogP contribution in [0, 0.1) is 5.92 Å². The van der Waals surface area contributed by atoms with Crippen molar-refractivity contribution in [2.75, 3.05) is 6.61 Å². The van der Waals surface area contributed by atoms with Crippen molar-refractivity contribution in [3.8, 4) is 11.5 Å². The average Bonchev–Trinajstić information content (AvgIpc) is 3.13. The third-order valence-electron chi connectivity index (χ3n) is 4.79. The van der Waals surface area contributed by atoms with E-state index in [0.717, 1.165) is 30.6 Å². The van der Waals surface area contributed by atoms with Crippen molar-refractivity contribution in [3.63, 3.8) is 0 Å². The Hall–Kier alpha value is -2.01. The zero-order chi connectivity index (χ0) is 18.6. The molecule has 0 radical (unpaired) electrons. The zero-order valence-corrected chi connectivity index (χ0v) is 16.3. The first-order valence-electron chi connectivity index (χ1n) is 8.98. The lowest BCUT2D eigenvalue weighted by atomic mass is 9.90. The van der Waals surface area contributed by atoms with Crippen LogP contribution in [0.15, 0.2) is 48.8 Å². The van der Waals surface area contributed by atoms with Crippen LogP contribution in [-0.2, 0) is 24.2 Å². The van der Waals surface area contributed by atoms with Gasteiger partial charge in [-0.15, -0.1) is 0 Å². The van der Waals surface area contributed by atoms with E-state index in [4.69, 9.17) is 32.7 Å². The fraction of sp³-hybridized carbons (Fsp3) is 0.286. The van der Waals surface area contributed by atoms with E-state index in [1.165, 1.54) is 11.4 Å². The van der Waals surface area contributed by atoms with Gasteiger partial charge in [-0.05, 0) is 49.4 Å². The quantitative estimate of drug-likeness (QED) is 0.563. The molecule has 0 saturated carbocycles. The number of aromatic amines is 1. The van der Waals surface area contributed by atoms with Crippen LogP contribution in [0.1, 0.15) is 23.4 Å². The maximum Gasteiger partial charge on any atom is 0.146 e. The first kappa shape index (κ1) is 18.4. The molecule has 3 aromatic rings. The molecule has 27 heavy (non-hydrogen) atoms. The minimum atomic E-state index is 0.482. The number of nitrogens with one attached hydrogen (secondary N) is 1. The van der Waals surface area contributed by atoms with Gasteiger partial charge in [0.2, 0.25) is 0 Å². The second-order valence-electron chi connectivity index (χ2n) is 6.74. The number of hydrogen-bond acceptors (Lipinski definition) is 3. The summed E-state index contributed by atoms with van der Waals surface area (Å²) in [4.78, 5) is 7.61. The van der Waals surface area contributed by atoms with Gasteiger partial charge in [0, 0.05) is 16.3 Å². The normalized spacial score (nSPS) is 16.1. The fourth-order valence-electron chi connectivity index (χ4n) is 3.34. The molecule has 140 valence electrons. The molecule has 1 unspecified atom stereocenters. The number of benzene rings is 2. The number of hydrogen-bond donors (Lipinski definition) is 1. The number of ether oxygens (including phenoxy) is 2. The molecule has 4 rings (SSSR count). The molecule has 0 aliphatic heterocycles. The van der Waals surface area contributed by atoms with Gasteiger partial charge in [0.25, 0.3) is 0 Å². The van der Waals surface area contributed by atoms with E-state index >= 15 is 0 Å². The number of nitrogens with zero attached hydrogens (tertiary/aromatic N) is 1. The summed E-state index contributed by atoms with van der Waals surface area (Å²) >= 11 is 12.2. The number of para-hydroxylation sites is 1. The lowest BCUT2D eigenvalue weighted by Crippen LogP contribution is -2.19. The van der Waals surface area contributed by atoms with Crippen molar-refractivity contribution >= 4 is 23.2 Å². The lowest BCUT2D eigenvalue weighted by Gasteiger charge is -2.21. The Bertz CT molecular complexity index is 926. The van der Waals surface area contributed by atoms with Gasteiger partial charge in [-0.3, -0.25) is 0 Å². The van der Waals surface area contributed by atoms with Gasteiger partial charge in [0.05, 0.1) is 30.3 Å². The van der Waals surface area contributed by atoms with E-state index in [0.29, 0.717) is 34.9 Å². The van der Waals surface area contributed by atoms with Gasteiger partial charge in [0.1, 0.15) is 11.5 Å². The molecule has 0 amide bonds. The molecule has 2 aromatic carbocycles. The van der Waals surface area contributed by atoms with Gasteiger partial charge in [-0.25, -0.2) is 4.98 Å². The lowest BCUT2D eigenvalue weighted by molar-refractivity contribution is 0.0808. The molecule has 1 aliphatic rings. The number of aryl methyl sites for hydroxylation is 1. The number of imidazole rings is 1. The highest BCUT2D eigenvalue weighted by atomic mass is 35.5. The highest BCUT2D eigenvalue weighted by Crippen LogP contribution is 2.33. The summed E-state index contributed by atoms with van der Waals surface area (Å²) in [6, 6.07) is 13.0. The fourth-order valence-corrected chi connectivity index (χ4v) is 3.79. The van der Waals surface area contributed by atoms with Crippen LogP contribution in [0.25, 0.3) is 0 Å². The van der Waals surface area contributed by atoms with Crippen LogP contribution >= 0.6 is 23.2 Å². The van der Waals surface area contributed by atoms with Crippen LogP contribution in [0.5, 0.6) is 11.5 Å². The number of aromatic nitrogens is 2. The molecule has 1 N–H and O–H groups in total. The monoisotopic (exact) mass is 402 g/mol. The molecular weight excluding hydrogens is 383 g/mol. The molecule has 0 saturated heterocycles. The van der Waals surface area contributed by atoms with E-state index in [9.17, 15) is 0 Å². The Morgan fingerprint density at radius 1 is 1.11 bits per heavy atom. The van der Waals surface area contributed by atoms with E-state index < -0.39 is 0 Å². The van der Waals surface area contributed by atoms with Crippen molar-refractivity contribution < 1.29 is 9.47 Å². The smallest absolute Gasteiger partial charge is 0.146 e. The summed E-state index contributed by atoms with van der Waals surface area (Å²) in [7, 11) is 0. The van der Waals surface area contributed by atoms with Gasteiger partial charge in [0.15, 0.2) is 0 Å². The standard InChI is InChI=1S/C21H20Cl2N2O2/c22-16-6-8-21(17(23)10-16)27-20-4-2-1-3-15(20)12-26-11-14-5-7-18-19(9-14)25-13-24-18/h1-4,6,8,10,13-14H,5,7,9,11-12H2,(H,24,25). The van der Waals surface area contributed by atoms with E-state index in [2.05, 4.69) is 9.97 Å². The summed E-state index contributed by atoms with van der Waals surface area (Å²) in [5.74, 6) is 1.81. The van der Waals surface area contributed by atoms with Crippen LogP contribution in [0.2, 0.25) is 10.0 Å². The van der Waals surface area contributed by atoms with Gasteiger partial charge in [-0.1, -0.05) is 41.4 Å². The number of rotatable bonds is 6. The van der Waals surface area contributed by atoms with Gasteiger partial charge in [-0.2, -0.15) is 0 Å². The van der Waals surface area contributed by atoms with Crippen LogP contribution in [0.3, 0.4) is 0 Å². The summed E-state index contributed by atoms with van der Waals surface area (Å²) in [5, 5.41) is 1.06. The average molecular weight is 403 g/mol. The molecular formula is C21H20Cl2N2O2. The topological polar surface area (TPSA) is 47.1 Å². The largest absolute Gasteiger partial charge is 0.455 e. The van der Waals surface area contributed by atoms with Crippen LogP contribution in [0.4, 0.5) is 0 Å². The van der Waals surface area contributed by atoms with Gasteiger partial charge >= 0.3 is 0 Å². The first-order valence-corrected chi connectivity index (χ1v) is 9.74. The third-order valence-corrected chi connectivity index (χ3v) is 5.32. The maximum atomic E-state index is 6.22. The number of H-pyrrole nitrogens is 1. The summed E-state index contributed by atoms with van der Waals surface area (Å²) in [5.41, 5.74) is 3.43. The Balaban J connectivity index is 1.37. The molecule has 1 heterocycles. The summed E-state index contributed by atoms with van der Waals surface area (Å²) in [6.45, 7) is 1.20. The highest BCUT2D eigenvalue weighted by molar-refractivity contribution is 6.35. The molecule has 1 aliphatic carbocycles. The highest BCUT2D eigenvalue weighted by Gasteiger charge is 2.20. The van der Waals surface area contributed by atoms with Crippen molar-refractivity contribution in [2.24, 2.45) is 5.92 Å². The molecule has 0 fully saturated rings. The van der Waals surface area contributed by atoms with Crippen molar-refractivity contribution in [3.05, 3.63) is 75.8 Å². The second kappa shape index (κ2) is 8.34. The Morgan fingerprint density at radius 3 is 2.89 bits per heavy atom. The van der Waals surface area contributed by atoms with E-state index in [-0.39, 0.29) is 0 Å². The SMILES string of the molecule is Clc1ccc(Oc2ccccc2COCC2CCc3[nH]cnc3C2)c(Cl)c1. The maximum absolute atomic E-state index is 6.22. The zero-order valence-electron chi connectivity index (χ0n) is 14.8. The number of halogens is 2. The van der Waals surface area contributed by atoms with Crippen molar-refractivity contribution in [2.45, 2.75) is 25.9 Å². The predicted octanol–water partition coefficient (Wildman–Crippen LogP) is 5.83. The van der Waals surface area contributed by atoms with Crippen LogP contribution in [-0.4, -0.2) is 16.6 Å². The Morgan fingerprint density at radius 2 is 2.00 bits per heavy atom. The molecule has 0 bridgehead atoms. The minimum absolute atomic E-state index is 0.482. The Kier molecular flexibility index (Phi) is 5.67. The summed E-state index contributed by atoms with van der Waals surface area (Å²) < 4.78 is 12.0. The second-order valence-corrected chi connectivity index (χ2v) is 7.58. The Labute approximate surface area is 168 Å². The third kappa shape index (κ3) is 4.46. The van der Waals surface area contributed by atoms with E-state index in [1.807, 2.05) is 24.3 Å². The summed E-state index contributed by atoms with van der Waals surface area (Å²) in [6.07, 6.45) is 4.91. The van der Waals surface area contributed by atoms with Crippen molar-refractivity contribution in [1.29, 1.82) is 0 Å². The number of fused-ring (bicyclic) bond motifs is 1. The molecule has 4 nitrogen and oxygen atoms in total.